The Labute approximate surface area is 88.1 Å². The second-order valence-electron chi connectivity index (χ2n) is 4.39. The first-order chi connectivity index (χ1) is 6.46. The van der Waals surface area contributed by atoms with Gasteiger partial charge in [0.05, 0.1) is 13.8 Å². The minimum Gasteiger partial charge on any atom is -0.463 e. The van der Waals surface area contributed by atoms with Crippen molar-refractivity contribution in [3.8, 4) is 0 Å². The number of halogens is 3. The molecule has 0 aromatic carbocycles. The zero-order valence-corrected chi connectivity index (χ0v) is 10.2. The third-order valence-electron chi connectivity index (χ3n) is 2.09. The summed E-state index contributed by atoms with van der Waals surface area (Å²) in [4.78, 5) is 11.0. The third-order valence-corrected chi connectivity index (χ3v) is 4.65. The Hall–Kier alpha value is -0.783. The van der Waals surface area contributed by atoms with E-state index >= 15 is 0 Å². The van der Waals surface area contributed by atoms with Crippen LogP contribution >= 0.6 is 0 Å². The van der Waals surface area contributed by atoms with Crippen LogP contribution < -0.4 is 0 Å². The summed E-state index contributed by atoms with van der Waals surface area (Å²) in [5.41, 5.74) is -1.92. The molecule has 0 aromatic heterocycles. The molecule has 15 heavy (non-hydrogen) atoms. The molecule has 0 bridgehead atoms. The average molecular weight is 240 g/mol. The van der Waals surface area contributed by atoms with E-state index in [0.717, 1.165) is 0 Å². The molecule has 1 unspecified atom stereocenters. The largest absolute Gasteiger partial charge is 0.463 e. The van der Waals surface area contributed by atoms with Crippen LogP contribution in [-0.4, -0.2) is 25.9 Å². The number of hydrogen-bond donors (Lipinski definition) is 0. The zero-order valence-electron chi connectivity index (χ0n) is 9.23. The highest BCUT2D eigenvalue weighted by Crippen LogP contribution is 2.26. The highest BCUT2D eigenvalue weighted by atomic mass is 28.3. The summed E-state index contributed by atoms with van der Waals surface area (Å²) in [5, 5.41) is 0. The van der Waals surface area contributed by atoms with Gasteiger partial charge in [0.15, 0.2) is 0 Å². The molecule has 0 saturated heterocycles. The van der Waals surface area contributed by atoms with Crippen molar-refractivity contribution in [1.29, 1.82) is 0 Å². The van der Waals surface area contributed by atoms with Crippen LogP contribution in [0.25, 0.3) is 0 Å². The fourth-order valence-corrected chi connectivity index (χ4v) is 0.985. The van der Waals surface area contributed by atoms with Crippen LogP contribution in [0.4, 0.5) is 13.2 Å². The van der Waals surface area contributed by atoms with E-state index in [1.54, 1.807) is 6.92 Å². The lowest BCUT2D eigenvalue weighted by molar-refractivity contribution is -0.152. The van der Waals surface area contributed by atoms with Crippen molar-refractivity contribution in [1.82, 2.24) is 0 Å². The molecular formula is C9H15F3O2Si. The number of carbonyl (C=O) groups is 1. The van der Waals surface area contributed by atoms with Crippen molar-refractivity contribution in [2.24, 2.45) is 0 Å². The van der Waals surface area contributed by atoms with E-state index in [1.165, 1.54) is 0 Å². The van der Waals surface area contributed by atoms with Crippen LogP contribution in [-0.2, 0) is 9.53 Å². The maximum atomic E-state index is 12.1. The van der Waals surface area contributed by atoms with E-state index in [-0.39, 0.29) is 0 Å². The predicted octanol–water partition coefficient (Wildman–Crippen LogP) is 2.91. The van der Waals surface area contributed by atoms with Gasteiger partial charge in [-0.3, -0.25) is 0 Å². The molecule has 0 aromatic rings. The minimum atomic E-state index is -4.71. The van der Waals surface area contributed by atoms with Crippen molar-refractivity contribution in [2.75, 3.05) is 0 Å². The molecular weight excluding hydrogens is 225 g/mol. The van der Waals surface area contributed by atoms with E-state index < -0.39 is 31.5 Å². The molecule has 6 heteroatoms. The second-order valence-corrected chi connectivity index (χ2v) is 9.93. The molecule has 88 valence electrons. The minimum absolute atomic E-state index is 0.468. The molecule has 0 aliphatic rings. The Morgan fingerprint density at radius 3 is 2.00 bits per heavy atom. The number of rotatable bonds is 3. The van der Waals surface area contributed by atoms with Crippen LogP contribution in [0.15, 0.2) is 12.2 Å². The lowest BCUT2D eigenvalue weighted by Gasteiger charge is -2.25. The van der Waals surface area contributed by atoms with Crippen molar-refractivity contribution < 1.29 is 22.7 Å². The van der Waals surface area contributed by atoms with Crippen molar-refractivity contribution in [2.45, 2.75) is 38.5 Å². The maximum absolute atomic E-state index is 12.1. The fourth-order valence-electron chi connectivity index (χ4n) is 0.524. The first kappa shape index (κ1) is 14.2. The van der Waals surface area contributed by atoms with Crippen LogP contribution in [0.1, 0.15) is 6.92 Å². The quantitative estimate of drug-likeness (QED) is 0.431. The van der Waals surface area contributed by atoms with Gasteiger partial charge in [-0.25, -0.2) is 4.79 Å². The number of hydrogen-bond acceptors (Lipinski definition) is 2. The SMILES string of the molecule is C=C(C(=O)OC(C)[Si](C)(C)C)C(F)(F)F. The maximum Gasteiger partial charge on any atom is 0.422 e. The van der Waals surface area contributed by atoms with Gasteiger partial charge in [-0.15, -0.1) is 0 Å². The standard InChI is InChI=1S/C9H15F3O2Si/c1-6(9(10,11)12)8(13)14-7(2)15(3,4)5/h7H,1H2,2-5H3. The van der Waals surface area contributed by atoms with Gasteiger partial charge in [-0.2, -0.15) is 13.2 Å². The molecule has 0 fully saturated rings. The summed E-state index contributed by atoms with van der Waals surface area (Å²) in [6, 6.07) is 0. The van der Waals surface area contributed by atoms with Crippen molar-refractivity contribution in [3.05, 3.63) is 12.2 Å². The van der Waals surface area contributed by atoms with E-state index in [2.05, 4.69) is 6.58 Å². The Morgan fingerprint density at radius 1 is 1.33 bits per heavy atom. The van der Waals surface area contributed by atoms with Gasteiger partial charge in [0.1, 0.15) is 5.57 Å². The molecule has 1 atom stereocenters. The second kappa shape index (κ2) is 4.38. The topological polar surface area (TPSA) is 26.3 Å². The van der Waals surface area contributed by atoms with Gasteiger partial charge in [-0.05, 0) is 6.92 Å². The van der Waals surface area contributed by atoms with Crippen LogP contribution in [0, 0.1) is 0 Å². The van der Waals surface area contributed by atoms with E-state index in [4.69, 9.17) is 4.74 Å². The van der Waals surface area contributed by atoms with E-state index in [9.17, 15) is 18.0 Å². The van der Waals surface area contributed by atoms with Crippen molar-refractivity contribution >= 4 is 14.0 Å². The molecule has 0 saturated carbocycles. The summed E-state index contributed by atoms with van der Waals surface area (Å²) in [5.74, 6) is -1.38. The highest BCUT2D eigenvalue weighted by molar-refractivity contribution is 6.77. The summed E-state index contributed by atoms with van der Waals surface area (Å²) in [6.45, 7) is 9.99. The summed E-state index contributed by atoms with van der Waals surface area (Å²) in [6.07, 6.45) is -4.71. The van der Waals surface area contributed by atoms with Gasteiger partial charge in [0.25, 0.3) is 0 Å². The monoisotopic (exact) mass is 240 g/mol. The predicted molar refractivity (Wildman–Crippen MR) is 54.1 cm³/mol. The van der Waals surface area contributed by atoms with Gasteiger partial charge >= 0.3 is 12.1 Å². The number of alkyl halides is 3. The molecule has 0 spiro atoms. The van der Waals surface area contributed by atoms with Gasteiger partial charge in [0, 0.05) is 0 Å². The summed E-state index contributed by atoms with van der Waals surface area (Å²) < 4.78 is 40.9. The molecule has 0 heterocycles. The van der Waals surface area contributed by atoms with E-state index in [0.29, 0.717) is 0 Å². The normalized spacial score (nSPS) is 14.6. The Balaban J connectivity index is 4.47. The molecule has 0 rings (SSSR count). The number of carbonyl (C=O) groups excluding carboxylic acids is 1. The van der Waals surface area contributed by atoms with Crippen LogP contribution in [0.5, 0.6) is 0 Å². The smallest absolute Gasteiger partial charge is 0.422 e. The number of esters is 1. The molecule has 0 radical (unpaired) electrons. The lowest BCUT2D eigenvalue weighted by Crippen LogP contribution is -2.40. The Bertz CT molecular complexity index is 266. The van der Waals surface area contributed by atoms with Crippen LogP contribution in [0.3, 0.4) is 0 Å². The number of ether oxygens (including phenoxy) is 1. The fraction of sp³-hybridized carbons (Fsp3) is 0.667. The first-order valence-electron chi connectivity index (χ1n) is 4.43. The molecule has 2 nitrogen and oxygen atoms in total. The lowest BCUT2D eigenvalue weighted by atomic mass is 10.3. The molecule has 0 aliphatic carbocycles. The summed E-state index contributed by atoms with van der Waals surface area (Å²) in [7, 11) is -1.78. The Kier molecular flexibility index (Phi) is 4.15. The third kappa shape index (κ3) is 4.50. The summed E-state index contributed by atoms with van der Waals surface area (Å²) >= 11 is 0. The zero-order chi connectivity index (χ0) is 12.4. The molecule has 0 N–H and O–H groups in total. The highest BCUT2D eigenvalue weighted by Gasteiger charge is 2.39. The van der Waals surface area contributed by atoms with Gasteiger partial charge in [-0.1, -0.05) is 26.2 Å². The van der Waals surface area contributed by atoms with Crippen molar-refractivity contribution in [3.63, 3.8) is 0 Å². The van der Waals surface area contributed by atoms with Gasteiger partial charge in [0.2, 0.25) is 0 Å². The Morgan fingerprint density at radius 2 is 1.73 bits per heavy atom. The molecule has 0 amide bonds. The van der Waals surface area contributed by atoms with Gasteiger partial charge < -0.3 is 4.74 Å². The average Bonchev–Trinajstić information content (AvgIpc) is 1.99. The van der Waals surface area contributed by atoms with Crippen LogP contribution in [0.2, 0.25) is 19.6 Å². The first-order valence-corrected chi connectivity index (χ1v) is 8.01. The molecule has 0 aliphatic heterocycles. The van der Waals surface area contributed by atoms with E-state index in [1.807, 2.05) is 19.6 Å².